The molecule has 1 aromatic rings. The van der Waals surface area contributed by atoms with Crippen LogP contribution in [0.15, 0.2) is 22.7 Å². The number of carbonyl (C=O) groups excluding carboxylic acids is 1. The van der Waals surface area contributed by atoms with E-state index in [1.165, 1.54) is 18.2 Å². The maximum atomic E-state index is 13.2. The molecule has 0 spiro atoms. The van der Waals surface area contributed by atoms with Crippen LogP contribution >= 0.6 is 15.9 Å². The minimum Gasteiger partial charge on any atom is -0.480 e. The monoisotopic (exact) mass is 361 g/mol. The highest BCUT2D eigenvalue weighted by molar-refractivity contribution is 9.10. The predicted octanol–water partition coefficient (Wildman–Crippen LogP) is 3.11. The summed E-state index contributed by atoms with van der Waals surface area (Å²) in [5, 5.41) is 11.4. The number of rotatable bonds is 4. The average Bonchev–Trinajstić information content (AvgIpc) is 2.30. The molecule has 116 valence electrons. The molecule has 21 heavy (non-hydrogen) atoms. The zero-order valence-corrected chi connectivity index (χ0v) is 13.5. The summed E-state index contributed by atoms with van der Waals surface area (Å²) in [6.45, 7) is 5.02. The molecule has 1 unspecified atom stereocenters. The average molecular weight is 362 g/mol. The number of halogens is 2. The van der Waals surface area contributed by atoms with Crippen molar-refractivity contribution in [2.24, 2.45) is 0 Å². The number of alkyl carbamates (subject to hydrolysis) is 1. The molecular weight excluding hydrogens is 345 g/mol. The number of ether oxygens (including phenoxy) is 1. The van der Waals surface area contributed by atoms with Gasteiger partial charge in [-0.05, 0) is 44.5 Å². The lowest BCUT2D eigenvalue weighted by atomic mass is 10.1. The first kappa shape index (κ1) is 17.4. The molecule has 0 saturated carbocycles. The van der Waals surface area contributed by atoms with Gasteiger partial charge in [-0.25, -0.2) is 14.0 Å². The highest BCUT2D eigenvalue weighted by Crippen LogP contribution is 2.19. The lowest BCUT2D eigenvalue weighted by Gasteiger charge is -2.22. The standard InChI is InChI=1S/C14H17BrFNO4/c1-14(2,3)21-13(20)17-11(12(18)19)7-8-6-9(16)4-5-10(8)15/h4-6,11H,7H2,1-3H3,(H,17,20)(H,18,19). The van der Waals surface area contributed by atoms with Crippen molar-refractivity contribution in [3.63, 3.8) is 0 Å². The van der Waals surface area contributed by atoms with Crippen molar-refractivity contribution in [2.75, 3.05) is 0 Å². The third kappa shape index (κ3) is 6.12. The maximum Gasteiger partial charge on any atom is 0.408 e. The fraction of sp³-hybridized carbons (Fsp3) is 0.429. The van der Waals surface area contributed by atoms with Crippen molar-refractivity contribution in [2.45, 2.75) is 38.8 Å². The molecule has 0 bridgehead atoms. The normalized spacial score (nSPS) is 12.6. The number of carboxylic acid groups (broad SMARTS) is 1. The number of amides is 1. The van der Waals surface area contributed by atoms with Crippen molar-refractivity contribution >= 4 is 28.0 Å². The van der Waals surface area contributed by atoms with Crippen LogP contribution in [0.2, 0.25) is 0 Å². The first-order valence-corrected chi connectivity index (χ1v) is 7.04. The van der Waals surface area contributed by atoms with Gasteiger partial charge in [0, 0.05) is 10.9 Å². The summed E-state index contributed by atoms with van der Waals surface area (Å²) >= 11 is 3.22. The second-order valence-corrected chi connectivity index (χ2v) is 6.33. The van der Waals surface area contributed by atoms with Gasteiger partial charge in [-0.2, -0.15) is 0 Å². The minimum atomic E-state index is -1.22. The van der Waals surface area contributed by atoms with E-state index in [0.29, 0.717) is 10.0 Å². The lowest BCUT2D eigenvalue weighted by Crippen LogP contribution is -2.44. The van der Waals surface area contributed by atoms with Crippen LogP contribution in [0.5, 0.6) is 0 Å². The Kier molecular flexibility index (Phi) is 5.71. The van der Waals surface area contributed by atoms with Crippen molar-refractivity contribution in [1.82, 2.24) is 5.32 Å². The van der Waals surface area contributed by atoms with Gasteiger partial charge >= 0.3 is 12.1 Å². The van der Waals surface area contributed by atoms with Crippen LogP contribution in [0.1, 0.15) is 26.3 Å². The first-order chi connectivity index (χ1) is 9.58. The van der Waals surface area contributed by atoms with Gasteiger partial charge in [0.2, 0.25) is 0 Å². The van der Waals surface area contributed by atoms with Crippen LogP contribution in [0.4, 0.5) is 9.18 Å². The molecule has 5 nitrogen and oxygen atoms in total. The van der Waals surface area contributed by atoms with Crippen LogP contribution in [-0.2, 0) is 16.0 Å². The molecule has 0 saturated heterocycles. The summed E-state index contributed by atoms with van der Waals surface area (Å²) in [4.78, 5) is 22.9. The molecule has 0 radical (unpaired) electrons. The van der Waals surface area contributed by atoms with E-state index in [9.17, 15) is 14.0 Å². The molecule has 7 heteroatoms. The fourth-order valence-corrected chi connectivity index (χ4v) is 1.98. The molecule has 0 aliphatic rings. The molecule has 2 N–H and O–H groups in total. The molecule has 1 aromatic carbocycles. The van der Waals surface area contributed by atoms with E-state index in [1.807, 2.05) is 0 Å². The van der Waals surface area contributed by atoms with Gasteiger partial charge < -0.3 is 15.2 Å². The number of carbonyl (C=O) groups is 2. The second-order valence-electron chi connectivity index (χ2n) is 5.48. The Hall–Kier alpha value is -1.63. The summed E-state index contributed by atoms with van der Waals surface area (Å²) in [6.07, 6.45) is -0.894. The largest absolute Gasteiger partial charge is 0.480 e. The van der Waals surface area contributed by atoms with Crippen molar-refractivity contribution in [1.29, 1.82) is 0 Å². The van der Waals surface area contributed by atoms with Gasteiger partial charge in [0.1, 0.15) is 17.5 Å². The van der Waals surface area contributed by atoms with Gasteiger partial charge in [0.25, 0.3) is 0 Å². The van der Waals surface area contributed by atoms with Crippen LogP contribution in [-0.4, -0.2) is 28.8 Å². The Morgan fingerprint density at radius 2 is 2.05 bits per heavy atom. The van der Waals surface area contributed by atoms with Gasteiger partial charge in [-0.15, -0.1) is 0 Å². The molecule has 0 aliphatic carbocycles. The van der Waals surface area contributed by atoms with Crippen LogP contribution in [0, 0.1) is 5.82 Å². The smallest absolute Gasteiger partial charge is 0.408 e. The van der Waals surface area contributed by atoms with Crippen LogP contribution < -0.4 is 5.32 Å². The van der Waals surface area contributed by atoms with E-state index in [2.05, 4.69) is 21.2 Å². The number of aliphatic carboxylic acids is 1. The molecular formula is C14H17BrFNO4. The Morgan fingerprint density at radius 1 is 1.43 bits per heavy atom. The van der Waals surface area contributed by atoms with E-state index >= 15 is 0 Å². The van der Waals surface area contributed by atoms with E-state index in [0.717, 1.165) is 0 Å². The van der Waals surface area contributed by atoms with E-state index in [-0.39, 0.29) is 6.42 Å². The SMILES string of the molecule is CC(C)(C)OC(=O)NC(Cc1cc(F)ccc1Br)C(=O)O. The Balaban J connectivity index is 2.81. The predicted molar refractivity (Wildman–Crippen MR) is 78.6 cm³/mol. The third-order valence-electron chi connectivity index (χ3n) is 2.42. The van der Waals surface area contributed by atoms with E-state index in [1.54, 1.807) is 20.8 Å². The van der Waals surface area contributed by atoms with Gasteiger partial charge in [0.05, 0.1) is 0 Å². The summed E-state index contributed by atoms with van der Waals surface area (Å²) in [6, 6.07) is 2.75. The lowest BCUT2D eigenvalue weighted by molar-refractivity contribution is -0.139. The summed E-state index contributed by atoms with van der Waals surface area (Å²) in [5.41, 5.74) is -0.287. The Morgan fingerprint density at radius 3 is 2.57 bits per heavy atom. The molecule has 0 aromatic heterocycles. The molecule has 1 amide bonds. The van der Waals surface area contributed by atoms with E-state index in [4.69, 9.17) is 9.84 Å². The van der Waals surface area contributed by atoms with Crippen molar-refractivity contribution < 1.29 is 23.8 Å². The van der Waals surface area contributed by atoms with Crippen LogP contribution in [0.3, 0.4) is 0 Å². The molecule has 1 rings (SSSR count). The van der Waals surface area contributed by atoms with Crippen molar-refractivity contribution in [3.8, 4) is 0 Å². The van der Waals surface area contributed by atoms with E-state index < -0.39 is 29.5 Å². The molecule has 0 fully saturated rings. The summed E-state index contributed by atoms with van der Waals surface area (Å²) in [7, 11) is 0. The maximum absolute atomic E-state index is 13.2. The van der Waals surface area contributed by atoms with Gasteiger partial charge in [0.15, 0.2) is 0 Å². The Bertz CT molecular complexity index is 542. The summed E-state index contributed by atoms with van der Waals surface area (Å²) in [5.74, 6) is -1.70. The molecule has 0 heterocycles. The van der Waals surface area contributed by atoms with Gasteiger partial charge in [-0.1, -0.05) is 15.9 Å². The highest BCUT2D eigenvalue weighted by Gasteiger charge is 2.25. The fourth-order valence-electron chi connectivity index (χ4n) is 1.57. The number of carboxylic acids is 1. The number of benzene rings is 1. The second kappa shape index (κ2) is 6.89. The number of hydrogen-bond donors (Lipinski definition) is 2. The topological polar surface area (TPSA) is 75.6 Å². The first-order valence-electron chi connectivity index (χ1n) is 6.25. The number of nitrogens with one attached hydrogen (secondary N) is 1. The third-order valence-corrected chi connectivity index (χ3v) is 3.19. The summed E-state index contributed by atoms with van der Waals surface area (Å²) < 4.78 is 18.8. The molecule has 1 atom stereocenters. The van der Waals surface area contributed by atoms with Gasteiger partial charge in [-0.3, -0.25) is 0 Å². The quantitative estimate of drug-likeness (QED) is 0.863. The highest BCUT2D eigenvalue weighted by atomic mass is 79.9. The number of hydrogen-bond acceptors (Lipinski definition) is 3. The van der Waals surface area contributed by atoms with Crippen LogP contribution in [0.25, 0.3) is 0 Å². The Labute approximate surface area is 130 Å². The zero-order chi connectivity index (χ0) is 16.2. The van der Waals surface area contributed by atoms with Crippen molar-refractivity contribution in [3.05, 3.63) is 34.1 Å². The minimum absolute atomic E-state index is 0.0626. The molecule has 0 aliphatic heterocycles. The zero-order valence-electron chi connectivity index (χ0n) is 11.9.